The van der Waals surface area contributed by atoms with Crippen LogP contribution in [0.25, 0.3) is 0 Å². The van der Waals surface area contributed by atoms with Crippen LogP contribution < -0.4 is 14.8 Å². The van der Waals surface area contributed by atoms with Crippen molar-refractivity contribution in [1.82, 2.24) is 5.32 Å². The van der Waals surface area contributed by atoms with Gasteiger partial charge in [-0.1, -0.05) is 0 Å². The Kier molecular flexibility index (Phi) is 5.38. The molecule has 2 rings (SSSR count). The van der Waals surface area contributed by atoms with Crippen LogP contribution in [0, 0.1) is 16.0 Å². The second kappa shape index (κ2) is 7.26. The van der Waals surface area contributed by atoms with E-state index in [0.29, 0.717) is 24.0 Å². The van der Waals surface area contributed by atoms with E-state index >= 15 is 0 Å². The van der Waals surface area contributed by atoms with Gasteiger partial charge in [0.05, 0.1) is 29.8 Å². The summed E-state index contributed by atoms with van der Waals surface area (Å²) in [5.74, 6) is 1.47. The molecule has 0 radical (unpaired) electrons. The molecule has 0 atom stereocenters. The normalized spacial score (nSPS) is 16.0. The summed E-state index contributed by atoms with van der Waals surface area (Å²) in [6.45, 7) is 6.36. The molecule has 1 N–H and O–H groups in total. The molecule has 0 aromatic heterocycles. The van der Waals surface area contributed by atoms with Crippen LogP contribution in [-0.2, 0) is 0 Å². The van der Waals surface area contributed by atoms with Crippen molar-refractivity contribution in [3.63, 3.8) is 0 Å². The number of hydrogen-bond acceptors (Lipinski definition) is 5. The number of nitrogens with one attached hydrogen (secondary N) is 1. The third-order valence-electron chi connectivity index (χ3n) is 3.39. The summed E-state index contributed by atoms with van der Waals surface area (Å²) in [6, 6.07) is 4.60. The highest BCUT2D eigenvalue weighted by molar-refractivity contribution is 5.46. The van der Waals surface area contributed by atoms with Crippen molar-refractivity contribution in [2.75, 3.05) is 19.7 Å². The molecule has 1 aliphatic rings. The van der Waals surface area contributed by atoms with E-state index in [1.807, 2.05) is 13.8 Å². The highest BCUT2D eigenvalue weighted by Crippen LogP contribution is 2.29. The van der Waals surface area contributed by atoms with E-state index in [1.165, 1.54) is 12.1 Å². The standard InChI is InChI=1S/C15H22N2O4/c1-11(2)21-15-8-13(17(18)19)7-14(9-15)20-10-12-3-5-16-6-4-12/h7-9,11-12,16H,3-6,10H2,1-2H3. The quantitative estimate of drug-likeness (QED) is 0.645. The zero-order valence-corrected chi connectivity index (χ0v) is 12.5. The van der Waals surface area contributed by atoms with E-state index < -0.39 is 4.92 Å². The number of benzene rings is 1. The van der Waals surface area contributed by atoms with Gasteiger partial charge >= 0.3 is 0 Å². The molecular formula is C15H22N2O4. The SMILES string of the molecule is CC(C)Oc1cc(OCC2CCNCC2)cc([N+](=O)[O-])c1. The number of piperidine rings is 1. The Morgan fingerprint density at radius 1 is 1.29 bits per heavy atom. The molecule has 0 amide bonds. The van der Waals surface area contributed by atoms with Crippen LogP contribution in [0.1, 0.15) is 26.7 Å². The smallest absolute Gasteiger partial charge is 0.276 e. The second-order valence-electron chi connectivity index (χ2n) is 5.59. The number of nitro groups is 1. The number of rotatable bonds is 6. The minimum atomic E-state index is -0.426. The summed E-state index contributed by atoms with van der Waals surface area (Å²) >= 11 is 0. The van der Waals surface area contributed by atoms with E-state index in [-0.39, 0.29) is 11.8 Å². The van der Waals surface area contributed by atoms with Crippen molar-refractivity contribution in [3.05, 3.63) is 28.3 Å². The molecule has 0 aliphatic carbocycles. The molecule has 1 aromatic rings. The molecule has 0 saturated carbocycles. The highest BCUT2D eigenvalue weighted by Gasteiger charge is 2.16. The summed E-state index contributed by atoms with van der Waals surface area (Å²) in [5.41, 5.74) is -0.00605. The largest absolute Gasteiger partial charge is 0.493 e. The number of nitrogens with zero attached hydrogens (tertiary/aromatic N) is 1. The van der Waals surface area contributed by atoms with Gasteiger partial charge in [-0.3, -0.25) is 10.1 Å². The van der Waals surface area contributed by atoms with Gasteiger partial charge in [0.15, 0.2) is 0 Å². The van der Waals surface area contributed by atoms with E-state index in [9.17, 15) is 10.1 Å². The fourth-order valence-corrected chi connectivity index (χ4v) is 2.35. The van der Waals surface area contributed by atoms with Gasteiger partial charge in [0.1, 0.15) is 11.5 Å². The van der Waals surface area contributed by atoms with Gasteiger partial charge in [0.25, 0.3) is 5.69 Å². The third kappa shape index (κ3) is 4.90. The summed E-state index contributed by atoms with van der Waals surface area (Å²) in [5, 5.41) is 14.3. The minimum absolute atomic E-state index is 0.00605. The molecule has 1 saturated heterocycles. The Morgan fingerprint density at radius 2 is 1.95 bits per heavy atom. The Labute approximate surface area is 124 Å². The lowest BCUT2D eigenvalue weighted by Crippen LogP contribution is -2.30. The van der Waals surface area contributed by atoms with Gasteiger partial charge in [-0.25, -0.2) is 0 Å². The molecule has 1 fully saturated rings. The summed E-state index contributed by atoms with van der Waals surface area (Å²) in [4.78, 5) is 10.6. The van der Waals surface area contributed by atoms with Crippen LogP contribution in [0.2, 0.25) is 0 Å². The molecule has 0 bridgehead atoms. The monoisotopic (exact) mass is 294 g/mol. The van der Waals surface area contributed by atoms with Crippen molar-refractivity contribution in [2.24, 2.45) is 5.92 Å². The van der Waals surface area contributed by atoms with Crippen molar-refractivity contribution in [1.29, 1.82) is 0 Å². The Bertz CT molecular complexity index is 485. The van der Waals surface area contributed by atoms with Crippen molar-refractivity contribution >= 4 is 5.69 Å². The summed E-state index contributed by atoms with van der Waals surface area (Å²) in [7, 11) is 0. The Morgan fingerprint density at radius 3 is 2.57 bits per heavy atom. The summed E-state index contributed by atoms with van der Waals surface area (Å²) in [6.07, 6.45) is 2.11. The molecule has 0 spiro atoms. The predicted octanol–water partition coefficient (Wildman–Crippen LogP) is 2.76. The van der Waals surface area contributed by atoms with Crippen LogP contribution in [0.3, 0.4) is 0 Å². The van der Waals surface area contributed by atoms with E-state index in [0.717, 1.165) is 25.9 Å². The number of nitro benzene ring substituents is 1. The second-order valence-corrected chi connectivity index (χ2v) is 5.59. The fraction of sp³-hybridized carbons (Fsp3) is 0.600. The number of hydrogen-bond donors (Lipinski definition) is 1. The van der Waals surface area contributed by atoms with E-state index in [2.05, 4.69) is 5.32 Å². The molecule has 1 aliphatic heterocycles. The highest BCUT2D eigenvalue weighted by atomic mass is 16.6. The fourth-order valence-electron chi connectivity index (χ4n) is 2.35. The first kappa shape index (κ1) is 15.6. The molecule has 1 heterocycles. The lowest BCUT2D eigenvalue weighted by Gasteiger charge is -2.22. The lowest BCUT2D eigenvalue weighted by molar-refractivity contribution is -0.385. The Hall–Kier alpha value is -1.82. The van der Waals surface area contributed by atoms with Crippen LogP contribution in [0.4, 0.5) is 5.69 Å². The molecule has 116 valence electrons. The first-order valence-corrected chi connectivity index (χ1v) is 7.34. The molecule has 1 aromatic carbocycles. The van der Waals surface area contributed by atoms with Gasteiger partial charge in [0.2, 0.25) is 0 Å². The van der Waals surface area contributed by atoms with E-state index in [4.69, 9.17) is 9.47 Å². The predicted molar refractivity (Wildman–Crippen MR) is 79.9 cm³/mol. The third-order valence-corrected chi connectivity index (χ3v) is 3.39. The van der Waals surface area contributed by atoms with Gasteiger partial charge in [-0.15, -0.1) is 0 Å². The topological polar surface area (TPSA) is 73.6 Å². The van der Waals surface area contributed by atoms with Crippen molar-refractivity contribution in [2.45, 2.75) is 32.8 Å². The maximum absolute atomic E-state index is 11.0. The zero-order chi connectivity index (χ0) is 15.2. The average molecular weight is 294 g/mol. The molecule has 6 heteroatoms. The van der Waals surface area contributed by atoms with Crippen LogP contribution in [0.5, 0.6) is 11.5 Å². The summed E-state index contributed by atoms with van der Waals surface area (Å²) < 4.78 is 11.3. The molecular weight excluding hydrogens is 272 g/mol. The average Bonchev–Trinajstić information content (AvgIpc) is 2.45. The van der Waals surface area contributed by atoms with Gasteiger partial charge in [0, 0.05) is 6.07 Å². The molecule has 6 nitrogen and oxygen atoms in total. The van der Waals surface area contributed by atoms with Crippen molar-refractivity contribution in [3.8, 4) is 11.5 Å². The van der Waals surface area contributed by atoms with Crippen LogP contribution in [-0.4, -0.2) is 30.7 Å². The van der Waals surface area contributed by atoms with Gasteiger partial charge in [-0.05, 0) is 45.7 Å². The molecule has 0 unspecified atom stereocenters. The Balaban J connectivity index is 2.05. The van der Waals surface area contributed by atoms with Crippen molar-refractivity contribution < 1.29 is 14.4 Å². The van der Waals surface area contributed by atoms with E-state index in [1.54, 1.807) is 6.07 Å². The first-order valence-electron chi connectivity index (χ1n) is 7.34. The van der Waals surface area contributed by atoms with Gasteiger partial charge in [-0.2, -0.15) is 0 Å². The number of non-ortho nitro benzene ring substituents is 1. The van der Waals surface area contributed by atoms with Crippen LogP contribution >= 0.6 is 0 Å². The maximum Gasteiger partial charge on any atom is 0.276 e. The first-order chi connectivity index (χ1) is 10.0. The maximum atomic E-state index is 11.0. The van der Waals surface area contributed by atoms with Crippen LogP contribution in [0.15, 0.2) is 18.2 Å². The minimum Gasteiger partial charge on any atom is -0.493 e. The van der Waals surface area contributed by atoms with Gasteiger partial charge < -0.3 is 14.8 Å². The zero-order valence-electron chi connectivity index (χ0n) is 12.5. The lowest BCUT2D eigenvalue weighted by atomic mass is 9.99. The molecule has 21 heavy (non-hydrogen) atoms. The number of ether oxygens (including phenoxy) is 2.